The van der Waals surface area contributed by atoms with Gasteiger partial charge in [-0.25, -0.2) is 9.97 Å². The van der Waals surface area contributed by atoms with Crippen LogP contribution in [-0.4, -0.2) is 9.97 Å². The Morgan fingerprint density at radius 3 is 1.46 bits per heavy atom. The third kappa shape index (κ3) is 4.75. The molecule has 0 saturated carbocycles. The summed E-state index contributed by atoms with van der Waals surface area (Å²) in [6, 6.07) is 66.8. The Balaban J connectivity index is 1.01. The molecule has 0 unspecified atom stereocenters. The Morgan fingerprint density at radius 1 is 0.357 bits per heavy atom. The van der Waals surface area contributed by atoms with Crippen LogP contribution in [-0.2, 0) is 5.41 Å². The van der Waals surface area contributed by atoms with E-state index in [2.05, 4.69) is 182 Å². The van der Waals surface area contributed by atoms with E-state index >= 15 is 0 Å². The predicted molar refractivity (Wildman–Crippen MR) is 236 cm³/mol. The molecule has 2 nitrogen and oxygen atoms in total. The molecule has 1 aliphatic heterocycles. The summed E-state index contributed by atoms with van der Waals surface area (Å²) in [6.45, 7) is 0. The van der Waals surface area contributed by atoms with Gasteiger partial charge in [0, 0.05) is 20.9 Å². The number of benzene rings is 8. The SMILES string of the molecule is c1ccc2c(c1)Sc1ccccc1C21c2ccccc2-c2c(-c3ccc(-c4cc(-c5nc6ccccc6s5)cc(-c5nc6ccccc6s5)c4)cc3)cccc21. The fourth-order valence-corrected chi connectivity index (χ4v) is 12.1. The topological polar surface area (TPSA) is 25.8 Å². The van der Waals surface area contributed by atoms with Gasteiger partial charge in [-0.2, -0.15) is 0 Å². The van der Waals surface area contributed by atoms with Crippen LogP contribution >= 0.6 is 34.4 Å². The summed E-state index contributed by atoms with van der Waals surface area (Å²) < 4.78 is 2.38. The quantitative estimate of drug-likeness (QED) is 0.178. The Kier molecular flexibility index (Phi) is 7.15. The van der Waals surface area contributed by atoms with Crippen molar-refractivity contribution in [1.82, 2.24) is 9.97 Å². The highest BCUT2D eigenvalue weighted by atomic mass is 32.2. The van der Waals surface area contributed by atoms with Gasteiger partial charge in [0.1, 0.15) is 10.0 Å². The molecule has 0 saturated heterocycles. The van der Waals surface area contributed by atoms with Gasteiger partial charge in [-0.05, 0) is 110 Å². The lowest BCUT2D eigenvalue weighted by atomic mass is 9.67. The molecule has 0 amide bonds. The maximum atomic E-state index is 5.07. The van der Waals surface area contributed by atoms with Crippen molar-refractivity contribution in [3.05, 3.63) is 204 Å². The number of aromatic nitrogens is 2. The largest absolute Gasteiger partial charge is 0.236 e. The van der Waals surface area contributed by atoms with Crippen molar-refractivity contribution in [2.24, 2.45) is 0 Å². The van der Waals surface area contributed by atoms with Gasteiger partial charge in [-0.15, -0.1) is 22.7 Å². The summed E-state index contributed by atoms with van der Waals surface area (Å²) in [7, 11) is 0. The van der Waals surface area contributed by atoms with Gasteiger partial charge in [0.05, 0.1) is 25.8 Å². The van der Waals surface area contributed by atoms with E-state index in [9.17, 15) is 0 Å². The Hall–Kier alpha value is -6.11. The first-order valence-corrected chi connectivity index (χ1v) is 21.3. The third-order valence-electron chi connectivity index (χ3n) is 11.4. The number of thiazole rings is 2. The van der Waals surface area contributed by atoms with Crippen LogP contribution < -0.4 is 0 Å². The Morgan fingerprint density at radius 2 is 0.839 bits per heavy atom. The van der Waals surface area contributed by atoms with Crippen LogP contribution in [0.1, 0.15) is 22.3 Å². The maximum Gasteiger partial charge on any atom is 0.124 e. The normalized spacial score (nSPS) is 13.4. The molecule has 8 aromatic carbocycles. The van der Waals surface area contributed by atoms with Crippen molar-refractivity contribution in [1.29, 1.82) is 0 Å². The molecule has 0 atom stereocenters. The van der Waals surface area contributed by atoms with Gasteiger partial charge in [-0.3, -0.25) is 0 Å². The molecule has 12 rings (SSSR count). The molecule has 0 fully saturated rings. The van der Waals surface area contributed by atoms with E-state index in [1.807, 2.05) is 11.8 Å². The molecule has 3 heterocycles. The van der Waals surface area contributed by atoms with E-state index in [0.717, 1.165) is 43.3 Å². The second-order valence-electron chi connectivity index (χ2n) is 14.5. The Bertz CT molecular complexity index is 2990. The van der Waals surface area contributed by atoms with Crippen LogP contribution in [0.2, 0.25) is 0 Å². The average Bonchev–Trinajstić information content (AvgIpc) is 3.98. The zero-order valence-corrected chi connectivity index (χ0v) is 32.4. The molecule has 5 heteroatoms. The van der Waals surface area contributed by atoms with Crippen molar-refractivity contribution < 1.29 is 0 Å². The highest BCUT2D eigenvalue weighted by Gasteiger charge is 2.50. The summed E-state index contributed by atoms with van der Waals surface area (Å²) in [6.07, 6.45) is 0. The number of rotatable bonds is 4. The van der Waals surface area contributed by atoms with Gasteiger partial charge in [0.25, 0.3) is 0 Å². The van der Waals surface area contributed by atoms with E-state index in [-0.39, 0.29) is 0 Å². The molecule has 2 aromatic heterocycles. The van der Waals surface area contributed by atoms with Gasteiger partial charge in [-0.1, -0.05) is 139 Å². The van der Waals surface area contributed by atoms with E-state index in [1.165, 1.54) is 63.7 Å². The zero-order valence-electron chi connectivity index (χ0n) is 29.9. The standard InChI is InChI=1S/C51H30N2S3/c1-2-14-38-37(12-1)48-36(13-11-17-41(48)51(38)39-15-3-7-20-44(39)54-45-21-8-4-16-40(45)51)32-26-24-31(25-27-32)33-28-34(49-52-42-18-5-9-22-46(42)55-49)30-35(29-33)50-53-43-19-6-10-23-47(43)56-50/h1-30H. The lowest BCUT2D eigenvalue weighted by Crippen LogP contribution is -2.31. The van der Waals surface area contributed by atoms with Gasteiger partial charge >= 0.3 is 0 Å². The lowest BCUT2D eigenvalue weighted by Gasteiger charge is -2.39. The fourth-order valence-electron chi connectivity index (χ4n) is 9.02. The van der Waals surface area contributed by atoms with Crippen LogP contribution in [0.25, 0.3) is 75.0 Å². The number of nitrogens with zero attached hydrogens (tertiary/aromatic N) is 2. The highest BCUT2D eigenvalue weighted by molar-refractivity contribution is 7.99. The zero-order chi connectivity index (χ0) is 36.8. The van der Waals surface area contributed by atoms with Gasteiger partial charge in [0.2, 0.25) is 0 Å². The maximum absolute atomic E-state index is 5.07. The molecule has 2 aliphatic rings. The number of para-hydroxylation sites is 2. The minimum Gasteiger partial charge on any atom is -0.236 e. The van der Waals surface area contributed by atoms with Crippen LogP contribution in [0, 0.1) is 0 Å². The third-order valence-corrected chi connectivity index (χ3v) is 14.7. The van der Waals surface area contributed by atoms with Crippen molar-refractivity contribution in [2.75, 3.05) is 0 Å². The monoisotopic (exact) mass is 766 g/mol. The van der Waals surface area contributed by atoms with E-state index < -0.39 is 5.41 Å². The first-order chi connectivity index (χ1) is 27.7. The van der Waals surface area contributed by atoms with Crippen LogP contribution in [0.3, 0.4) is 0 Å². The van der Waals surface area contributed by atoms with Crippen molar-refractivity contribution >= 4 is 54.9 Å². The number of hydrogen-bond donors (Lipinski definition) is 0. The molecule has 0 N–H and O–H groups in total. The van der Waals surface area contributed by atoms with E-state index in [4.69, 9.17) is 9.97 Å². The molecule has 0 radical (unpaired) electrons. The second-order valence-corrected chi connectivity index (χ2v) is 17.6. The predicted octanol–water partition coefficient (Wildman–Crippen LogP) is 14.4. The summed E-state index contributed by atoms with van der Waals surface area (Å²) in [5.74, 6) is 0. The van der Waals surface area contributed by atoms with Crippen molar-refractivity contribution in [2.45, 2.75) is 15.2 Å². The summed E-state index contributed by atoms with van der Waals surface area (Å²) in [5.41, 5.74) is 16.7. The number of hydrogen-bond acceptors (Lipinski definition) is 5. The van der Waals surface area contributed by atoms with Crippen LogP contribution in [0.15, 0.2) is 192 Å². The minimum atomic E-state index is -0.390. The molecule has 1 spiro atoms. The highest BCUT2D eigenvalue weighted by Crippen LogP contribution is 2.63. The molecular formula is C51H30N2S3. The van der Waals surface area contributed by atoms with Crippen molar-refractivity contribution in [3.8, 4) is 54.5 Å². The van der Waals surface area contributed by atoms with Crippen molar-refractivity contribution in [3.63, 3.8) is 0 Å². The Labute approximate surface area is 336 Å². The minimum absolute atomic E-state index is 0.390. The average molecular weight is 767 g/mol. The van der Waals surface area contributed by atoms with Crippen LogP contribution in [0.4, 0.5) is 0 Å². The molecule has 262 valence electrons. The number of fused-ring (bicyclic) bond motifs is 11. The lowest BCUT2D eigenvalue weighted by molar-refractivity contribution is 0.722. The van der Waals surface area contributed by atoms with E-state index in [0.29, 0.717) is 0 Å². The second kappa shape index (κ2) is 12.5. The smallest absolute Gasteiger partial charge is 0.124 e. The molecule has 0 bridgehead atoms. The molecule has 1 aliphatic carbocycles. The first kappa shape index (κ1) is 32.2. The summed E-state index contributed by atoms with van der Waals surface area (Å²) >= 11 is 5.37. The van der Waals surface area contributed by atoms with Gasteiger partial charge in [0.15, 0.2) is 0 Å². The first-order valence-electron chi connectivity index (χ1n) is 18.8. The summed E-state index contributed by atoms with van der Waals surface area (Å²) in [5, 5.41) is 2.03. The van der Waals surface area contributed by atoms with E-state index in [1.54, 1.807) is 22.7 Å². The fraction of sp³-hybridized carbons (Fsp3) is 0.0196. The molecule has 10 aromatic rings. The van der Waals surface area contributed by atoms with Gasteiger partial charge < -0.3 is 0 Å². The molecular weight excluding hydrogens is 737 g/mol. The van der Waals surface area contributed by atoms with Crippen LogP contribution in [0.5, 0.6) is 0 Å². The molecule has 56 heavy (non-hydrogen) atoms. The summed E-state index contributed by atoms with van der Waals surface area (Å²) in [4.78, 5) is 12.8.